The number of rotatable bonds is 0. The molecule has 0 aliphatic rings. The highest BCUT2D eigenvalue weighted by atomic mass is 16.1. The molecule has 2 heteroatoms. The molecule has 0 aliphatic heterocycles. The average molecular weight is 250 g/mol. The second-order valence-electron chi connectivity index (χ2n) is 3.16. The van der Waals surface area contributed by atoms with Crippen molar-refractivity contribution in [3.8, 4) is 0 Å². The van der Waals surface area contributed by atoms with Crippen LogP contribution < -0.4 is 0 Å². The summed E-state index contributed by atoms with van der Waals surface area (Å²) in [5.41, 5.74) is 1.34. The van der Waals surface area contributed by atoms with Crippen molar-refractivity contribution in [1.29, 1.82) is 0 Å². The van der Waals surface area contributed by atoms with Crippen LogP contribution in [0.5, 0.6) is 0 Å². The zero-order valence-electron chi connectivity index (χ0n) is 10.1. The zero-order chi connectivity index (χ0) is 11.4. The van der Waals surface area contributed by atoms with Crippen LogP contribution in [0, 0.1) is 0 Å². The van der Waals surface area contributed by atoms with E-state index in [1.807, 2.05) is 21.0 Å². The lowest BCUT2D eigenvalue weighted by molar-refractivity contribution is -0.465. The molecule has 110 valence electrons. The van der Waals surface area contributed by atoms with Crippen molar-refractivity contribution < 1.29 is 9.37 Å². The predicted molar refractivity (Wildman–Crippen MR) is 87.6 cm³/mol. The fraction of sp³-hybridized carbons (Fsp3) is 0.733. The third-order valence-corrected chi connectivity index (χ3v) is 0.894. The highest BCUT2D eigenvalue weighted by Gasteiger charge is 1.82. The van der Waals surface area contributed by atoms with Gasteiger partial charge in [0.15, 0.2) is 0 Å². The molecule has 0 aromatic carbocycles. The monoisotopic (exact) mass is 250 g/mol. The molecular weight excluding hydrogens is 210 g/mol. The van der Waals surface area contributed by atoms with Crippen LogP contribution in [0.1, 0.15) is 64.3 Å². The molecule has 0 spiro atoms. The molecule has 0 aliphatic carbocycles. The molecule has 0 saturated heterocycles. The second-order valence-corrected chi connectivity index (χ2v) is 3.16. The molecule has 0 saturated carbocycles. The molecule has 0 aromatic heterocycles. The van der Waals surface area contributed by atoms with E-state index in [1.54, 1.807) is 6.08 Å². The standard InChI is InChI=1S/C5H12N.C3H6O.C3H6.4CH4/c1-5(2)6(3)4;1-3(2)4;1-3-2;;;;/h1-4H3;1-2H3;3H,1H2,2H3;4*1H4/q+1;;;;;;. The largest absolute Gasteiger partial charge is 0.300 e. The molecular formula is C15H40NO+. The molecule has 17 heavy (non-hydrogen) atoms. The topological polar surface area (TPSA) is 20.1 Å². The summed E-state index contributed by atoms with van der Waals surface area (Å²) in [5, 5.41) is 0. The third kappa shape index (κ3) is 272. The quantitative estimate of drug-likeness (QED) is 0.334. The Morgan fingerprint density at radius 2 is 1.00 bits per heavy atom. The smallest absolute Gasteiger partial charge is 0.145 e. The van der Waals surface area contributed by atoms with E-state index < -0.39 is 0 Å². The van der Waals surface area contributed by atoms with E-state index in [0.29, 0.717) is 0 Å². The van der Waals surface area contributed by atoms with Gasteiger partial charge < -0.3 is 4.79 Å². The van der Waals surface area contributed by atoms with Gasteiger partial charge in [0.2, 0.25) is 0 Å². The summed E-state index contributed by atoms with van der Waals surface area (Å²) < 4.78 is 2.08. The molecule has 0 bridgehead atoms. The minimum absolute atomic E-state index is 0. The first-order valence-electron chi connectivity index (χ1n) is 4.31. The van der Waals surface area contributed by atoms with Crippen LogP contribution in [0.4, 0.5) is 0 Å². The van der Waals surface area contributed by atoms with Crippen molar-refractivity contribution in [1.82, 2.24) is 0 Å². The van der Waals surface area contributed by atoms with Crippen LogP contribution >= 0.6 is 0 Å². The minimum Gasteiger partial charge on any atom is -0.300 e. The summed E-state index contributed by atoms with van der Waals surface area (Å²) in [6, 6.07) is 0. The summed E-state index contributed by atoms with van der Waals surface area (Å²) in [5.74, 6) is 0.167. The third-order valence-electron chi connectivity index (χ3n) is 0.894. The number of hydrogen-bond acceptors (Lipinski definition) is 1. The lowest BCUT2D eigenvalue weighted by Gasteiger charge is -1.83. The molecule has 0 atom stereocenters. The Hall–Kier alpha value is -0.920. The molecule has 0 N–H and O–H groups in total. The minimum atomic E-state index is 0. The number of allylic oxidation sites excluding steroid dienone is 1. The Bertz CT molecular complexity index is 148. The van der Waals surface area contributed by atoms with E-state index >= 15 is 0 Å². The summed E-state index contributed by atoms with van der Waals surface area (Å²) >= 11 is 0. The molecule has 2 nitrogen and oxygen atoms in total. The van der Waals surface area contributed by atoms with Gasteiger partial charge in [0, 0.05) is 13.8 Å². The van der Waals surface area contributed by atoms with Gasteiger partial charge in [-0.15, -0.1) is 6.58 Å². The molecule has 0 fully saturated rings. The van der Waals surface area contributed by atoms with Crippen LogP contribution in [0.2, 0.25) is 0 Å². The molecule has 0 amide bonds. The number of Topliss-reactive ketones (excluding diaryl/α,β-unsaturated/α-hetero) is 1. The number of carbonyl (C=O) groups is 1. The van der Waals surface area contributed by atoms with Crippen molar-refractivity contribution in [2.24, 2.45) is 0 Å². The van der Waals surface area contributed by atoms with Gasteiger partial charge in [0.1, 0.15) is 25.6 Å². The summed E-state index contributed by atoms with van der Waals surface area (Å²) in [7, 11) is 4.07. The lowest BCUT2D eigenvalue weighted by Crippen LogP contribution is -2.03. The number of nitrogens with zero attached hydrogens (tertiary/aromatic N) is 1. The van der Waals surface area contributed by atoms with Gasteiger partial charge in [0.05, 0.1) is 0 Å². The van der Waals surface area contributed by atoms with Gasteiger partial charge in [-0.05, 0) is 20.8 Å². The summed E-state index contributed by atoms with van der Waals surface area (Å²) in [4.78, 5) is 9.44. The highest BCUT2D eigenvalue weighted by Crippen LogP contribution is 1.64. The number of carbonyl (C=O) groups excluding carboxylic acids is 1. The molecule has 0 heterocycles. The van der Waals surface area contributed by atoms with E-state index in [4.69, 9.17) is 0 Å². The van der Waals surface area contributed by atoms with Gasteiger partial charge in [-0.1, -0.05) is 35.8 Å². The van der Waals surface area contributed by atoms with E-state index in [0.717, 1.165) is 0 Å². The SMILES string of the molecule is C.C.C.C.C=CC.CC(C)=O.CC(C)=[N+](C)C. The van der Waals surface area contributed by atoms with Crippen molar-refractivity contribution in [3.05, 3.63) is 12.7 Å². The van der Waals surface area contributed by atoms with Crippen molar-refractivity contribution in [2.45, 2.75) is 64.3 Å². The number of hydrogen-bond donors (Lipinski definition) is 0. The molecule has 0 rings (SSSR count). The van der Waals surface area contributed by atoms with Gasteiger partial charge in [-0.3, -0.25) is 0 Å². The maximum absolute atomic E-state index is 9.44. The average Bonchev–Trinajstić information content (AvgIpc) is 1.87. The lowest BCUT2D eigenvalue weighted by atomic mass is 10.5. The second kappa shape index (κ2) is 36.3. The molecule has 0 radical (unpaired) electrons. The van der Waals surface area contributed by atoms with Gasteiger partial charge in [-0.25, -0.2) is 4.58 Å². The van der Waals surface area contributed by atoms with Crippen molar-refractivity contribution in [3.63, 3.8) is 0 Å². The Labute approximate surface area is 112 Å². The Balaban J connectivity index is -0.0000000166. The highest BCUT2D eigenvalue weighted by molar-refractivity contribution is 5.73. The van der Waals surface area contributed by atoms with Crippen molar-refractivity contribution in [2.75, 3.05) is 14.1 Å². The van der Waals surface area contributed by atoms with Crippen LogP contribution in [-0.4, -0.2) is 30.2 Å². The van der Waals surface area contributed by atoms with E-state index in [-0.39, 0.29) is 35.5 Å². The summed E-state index contributed by atoms with van der Waals surface area (Å²) in [6.07, 6.45) is 1.75. The van der Waals surface area contributed by atoms with E-state index in [2.05, 4.69) is 25.0 Å². The van der Waals surface area contributed by atoms with Gasteiger partial charge in [-0.2, -0.15) is 0 Å². The van der Waals surface area contributed by atoms with E-state index in [9.17, 15) is 4.79 Å². The van der Waals surface area contributed by atoms with Crippen LogP contribution in [0.25, 0.3) is 0 Å². The number of ketones is 1. The zero-order valence-corrected chi connectivity index (χ0v) is 10.1. The maximum atomic E-state index is 9.44. The first-order valence-corrected chi connectivity index (χ1v) is 4.31. The first kappa shape index (κ1) is 44.4. The fourth-order valence-electron chi connectivity index (χ4n) is 0. The van der Waals surface area contributed by atoms with Gasteiger partial charge >= 0.3 is 0 Å². The predicted octanol–water partition coefficient (Wildman–Crippen LogP) is 5.07. The fourth-order valence-corrected chi connectivity index (χ4v) is 0. The normalized spacial score (nSPS) is 5.12. The van der Waals surface area contributed by atoms with Crippen molar-refractivity contribution >= 4 is 11.5 Å². The molecule has 0 aromatic rings. The van der Waals surface area contributed by atoms with Gasteiger partial charge in [0.25, 0.3) is 0 Å². The Morgan fingerprint density at radius 1 is 0.941 bits per heavy atom. The first-order chi connectivity index (χ1) is 5.79. The maximum Gasteiger partial charge on any atom is 0.145 e. The van der Waals surface area contributed by atoms with Crippen LogP contribution in [-0.2, 0) is 4.79 Å². The molecule has 0 unspecified atom stereocenters. The Kier molecular flexibility index (Phi) is 94.6. The summed E-state index contributed by atoms with van der Waals surface area (Å²) in [6.45, 7) is 12.5. The Morgan fingerprint density at radius 3 is 1.00 bits per heavy atom. The van der Waals surface area contributed by atoms with E-state index in [1.165, 1.54) is 19.6 Å². The van der Waals surface area contributed by atoms with Crippen LogP contribution in [0.3, 0.4) is 0 Å². The van der Waals surface area contributed by atoms with Crippen LogP contribution in [0.15, 0.2) is 12.7 Å².